The van der Waals surface area contributed by atoms with Crippen molar-refractivity contribution in [2.45, 2.75) is 45.1 Å². The Labute approximate surface area is 138 Å². The van der Waals surface area contributed by atoms with Crippen LogP contribution in [-0.4, -0.2) is 9.78 Å². The normalized spacial score (nSPS) is 16.0. The first-order chi connectivity index (χ1) is 11.4. The number of aromatic nitrogens is 2. The highest BCUT2D eigenvalue weighted by molar-refractivity contribution is 5.85. The summed E-state index contributed by atoms with van der Waals surface area (Å²) in [6.45, 7) is 1.09. The molecule has 1 fully saturated rings. The molecule has 3 aromatic rings. The second-order valence-corrected chi connectivity index (χ2v) is 6.85. The Morgan fingerprint density at radius 1 is 0.913 bits per heavy atom. The fraction of sp³-hybridized carbons (Fsp3) is 0.381. The molecule has 0 bridgehead atoms. The van der Waals surface area contributed by atoms with Crippen molar-refractivity contribution >= 4 is 10.8 Å². The van der Waals surface area contributed by atoms with Gasteiger partial charge >= 0.3 is 0 Å². The van der Waals surface area contributed by atoms with Crippen LogP contribution in [0.15, 0.2) is 54.7 Å². The third-order valence-corrected chi connectivity index (χ3v) is 5.12. The van der Waals surface area contributed by atoms with Gasteiger partial charge in [0.05, 0.1) is 5.69 Å². The highest BCUT2D eigenvalue weighted by atomic mass is 15.3. The molecule has 0 N–H and O–H groups in total. The summed E-state index contributed by atoms with van der Waals surface area (Å²) in [5, 5.41) is 7.48. The number of hydrogen-bond acceptors (Lipinski definition) is 1. The van der Waals surface area contributed by atoms with E-state index in [4.69, 9.17) is 5.10 Å². The minimum Gasteiger partial charge on any atom is -0.272 e. The maximum absolute atomic E-state index is 4.82. The van der Waals surface area contributed by atoms with Gasteiger partial charge in [-0.25, -0.2) is 0 Å². The van der Waals surface area contributed by atoms with E-state index in [1.165, 1.54) is 54.1 Å². The number of fused-ring (bicyclic) bond motifs is 1. The van der Waals surface area contributed by atoms with Gasteiger partial charge < -0.3 is 0 Å². The zero-order valence-corrected chi connectivity index (χ0v) is 13.6. The molecule has 1 aromatic heterocycles. The van der Waals surface area contributed by atoms with Crippen LogP contribution in [-0.2, 0) is 13.0 Å². The van der Waals surface area contributed by atoms with E-state index in [-0.39, 0.29) is 0 Å². The quantitative estimate of drug-likeness (QED) is 0.647. The molecule has 0 atom stereocenters. The minimum atomic E-state index is 0.828. The molecule has 0 spiro atoms. The van der Waals surface area contributed by atoms with Crippen molar-refractivity contribution in [1.29, 1.82) is 0 Å². The van der Waals surface area contributed by atoms with Gasteiger partial charge in [0.2, 0.25) is 0 Å². The van der Waals surface area contributed by atoms with E-state index in [1.807, 2.05) is 0 Å². The second kappa shape index (κ2) is 6.57. The second-order valence-electron chi connectivity index (χ2n) is 6.85. The monoisotopic (exact) mass is 304 g/mol. The summed E-state index contributed by atoms with van der Waals surface area (Å²) in [5.41, 5.74) is 2.54. The molecule has 0 aliphatic heterocycles. The number of hydrogen-bond donors (Lipinski definition) is 0. The molecule has 1 heterocycles. The third kappa shape index (κ3) is 3.31. The summed E-state index contributed by atoms with van der Waals surface area (Å²) in [4.78, 5) is 0. The maximum Gasteiger partial charge on any atom is 0.0668 e. The molecule has 2 aromatic carbocycles. The molecule has 118 valence electrons. The zero-order chi connectivity index (χ0) is 15.5. The minimum absolute atomic E-state index is 0.828. The van der Waals surface area contributed by atoms with Gasteiger partial charge in [0.1, 0.15) is 0 Å². The first-order valence-corrected chi connectivity index (χ1v) is 8.87. The fourth-order valence-electron chi connectivity index (χ4n) is 3.88. The van der Waals surface area contributed by atoms with Gasteiger partial charge in [0, 0.05) is 19.2 Å². The Hall–Kier alpha value is -2.09. The smallest absolute Gasteiger partial charge is 0.0668 e. The van der Waals surface area contributed by atoms with Gasteiger partial charge in [-0.2, -0.15) is 5.10 Å². The van der Waals surface area contributed by atoms with Crippen molar-refractivity contribution in [3.63, 3.8) is 0 Å². The molecular weight excluding hydrogens is 280 g/mol. The molecule has 2 nitrogen and oxygen atoms in total. The largest absolute Gasteiger partial charge is 0.272 e. The molecule has 23 heavy (non-hydrogen) atoms. The standard InChI is InChI=1S/C21H24N2/c1-2-7-17(8-3-1)16-23-14-13-20(22-23)15-19-11-6-10-18-9-4-5-12-21(18)19/h4-6,9-14,17H,1-3,7-8,15-16H2. The lowest BCUT2D eigenvalue weighted by molar-refractivity contribution is 0.307. The van der Waals surface area contributed by atoms with Gasteiger partial charge in [-0.05, 0) is 41.2 Å². The van der Waals surface area contributed by atoms with Crippen molar-refractivity contribution in [3.8, 4) is 0 Å². The van der Waals surface area contributed by atoms with Gasteiger partial charge in [0.15, 0.2) is 0 Å². The fourth-order valence-corrected chi connectivity index (χ4v) is 3.88. The van der Waals surface area contributed by atoms with Crippen LogP contribution in [0.1, 0.15) is 43.4 Å². The van der Waals surface area contributed by atoms with Crippen molar-refractivity contribution in [2.24, 2.45) is 5.92 Å². The SMILES string of the molecule is c1ccc2c(Cc3ccn(CC4CCCCC4)n3)cccc2c1. The Morgan fingerprint density at radius 2 is 1.74 bits per heavy atom. The van der Waals surface area contributed by atoms with Crippen LogP contribution < -0.4 is 0 Å². The average molecular weight is 304 g/mol. The molecular formula is C21H24N2. The number of benzene rings is 2. The van der Waals surface area contributed by atoms with E-state index < -0.39 is 0 Å². The van der Waals surface area contributed by atoms with Crippen molar-refractivity contribution in [2.75, 3.05) is 0 Å². The van der Waals surface area contributed by atoms with Gasteiger partial charge in [-0.1, -0.05) is 61.7 Å². The van der Waals surface area contributed by atoms with Crippen molar-refractivity contribution in [1.82, 2.24) is 9.78 Å². The number of rotatable bonds is 4. The lowest BCUT2D eigenvalue weighted by Gasteiger charge is -2.21. The highest BCUT2D eigenvalue weighted by Crippen LogP contribution is 2.25. The topological polar surface area (TPSA) is 17.8 Å². The molecule has 0 amide bonds. The molecule has 1 aliphatic carbocycles. The van der Waals surface area contributed by atoms with Crippen LogP contribution >= 0.6 is 0 Å². The maximum atomic E-state index is 4.82. The first kappa shape index (κ1) is 14.5. The van der Waals surface area contributed by atoms with E-state index in [1.54, 1.807) is 0 Å². The predicted octanol–water partition coefficient (Wildman–Crippen LogP) is 5.21. The molecule has 0 saturated heterocycles. The predicted molar refractivity (Wildman–Crippen MR) is 95.6 cm³/mol. The summed E-state index contributed by atoms with van der Waals surface area (Å²) in [6.07, 6.45) is 10.0. The van der Waals surface area contributed by atoms with Gasteiger partial charge in [-0.15, -0.1) is 0 Å². The molecule has 0 radical (unpaired) electrons. The third-order valence-electron chi connectivity index (χ3n) is 5.12. The summed E-state index contributed by atoms with van der Waals surface area (Å²) in [6, 6.07) is 17.4. The van der Waals surface area contributed by atoms with E-state index >= 15 is 0 Å². The molecule has 1 aliphatic rings. The van der Waals surface area contributed by atoms with E-state index in [2.05, 4.69) is 59.4 Å². The first-order valence-electron chi connectivity index (χ1n) is 8.87. The van der Waals surface area contributed by atoms with E-state index in [0.717, 1.165) is 18.9 Å². The van der Waals surface area contributed by atoms with Gasteiger partial charge in [0.25, 0.3) is 0 Å². The van der Waals surface area contributed by atoms with Crippen LogP contribution in [0.5, 0.6) is 0 Å². The van der Waals surface area contributed by atoms with Crippen LogP contribution in [0.25, 0.3) is 10.8 Å². The number of nitrogens with zero attached hydrogens (tertiary/aromatic N) is 2. The Kier molecular flexibility index (Phi) is 4.14. The molecule has 4 rings (SSSR count). The zero-order valence-electron chi connectivity index (χ0n) is 13.6. The Balaban J connectivity index is 1.50. The van der Waals surface area contributed by atoms with Crippen LogP contribution in [0.4, 0.5) is 0 Å². The molecule has 1 saturated carbocycles. The summed E-state index contributed by atoms with van der Waals surface area (Å²) in [5.74, 6) is 0.828. The molecule has 0 unspecified atom stereocenters. The Morgan fingerprint density at radius 3 is 2.65 bits per heavy atom. The van der Waals surface area contributed by atoms with E-state index in [9.17, 15) is 0 Å². The summed E-state index contributed by atoms with van der Waals surface area (Å²) < 4.78 is 2.16. The molecule has 2 heteroatoms. The summed E-state index contributed by atoms with van der Waals surface area (Å²) in [7, 11) is 0. The van der Waals surface area contributed by atoms with E-state index in [0.29, 0.717) is 0 Å². The van der Waals surface area contributed by atoms with Crippen LogP contribution in [0.2, 0.25) is 0 Å². The van der Waals surface area contributed by atoms with Crippen molar-refractivity contribution in [3.05, 3.63) is 66.0 Å². The lowest BCUT2D eigenvalue weighted by Crippen LogP contribution is -2.14. The van der Waals surface area contributed by atoms with Crippen molar-refractivity contribution < 1.29 is 0 Å². The summed E-state index contributed by atoms with van der Waals surface area (Å²) >= 11 is 0. The Bertz CT molecular complexity index is 776. The van der Waals surface area contributed by atoms with Crippen LogP contribution in [0, 0.1) is 5.92 Å². The van der Waals surface area contributed by atoms with Crippen LogP contribution in [0.3, 0.4) is 0 Å². The van der Waals surface area contributed by atoms with Gasteiger partial charge in [-0.3, -0.25) is 4.68 Å². The average Bonchev–Trinajstić information content (AvgIpc) is 3.03. The highest BCUT2D eigenvalue weighted by Gasteiger charge is 2.14. The lowest BCUT2D eigenvalue weighted by atomic mass is 9.89.